The summed E-state index contributed by atoms with van der Waals surface area (Å²) < 4.78 is 26.0. The van der Waals surface area contributed by atoms with Crippen LogP contribution in [0.25, 0.3) is 0 Å². The fraction of sp³-hybridized carbons (Fsp3) is 0.174. The number of nitrogens with zero attached hydrogens (tertiary/aromatic N) is 2. The van der Waals surface area contributed by atoms with Gasteiger partial charge in [0.25, 0.3) is 5.91 Å². The van der Waals surface area contributed by atoms with E-state index in [0.717, 1.165) is 11.1 Å². The fourth-order valence-corrected chi connectivity index (χ4v) is 4.09. The Labute approximate surface area is 182 Å². The second kappa shape index (κ2) is 9.32. The van der Waals surface area contributed by atoms with Gasteiger partial charge in [0.05, 0.1) is 18.5 Å². The van der Waals surface area contributed by atoms with Crippen molar-refractivity contribution in [2.45, 2.75) is 13.1 Å². The molecule has 3 aromatic carbocycles. The Balaban J connectivity index is 1.76. The molecule has 0 atom stereocenters. The van der Waals surface area contributed by atoms with Crippen LogP contribution in [0.1, 0.15) is 21.5 Å². The van der Waals surface area contributed by atoms with E-state index in [2.05, 4.69) is 0 Å². The van der Waals surface area contributed by atoms with Gasteiger partial charge in [-0.3, -0.25) is 9.10 Å². The van der Waals surface area contributed by atoms with Crippen LogP contribution in [0.5, 0.6) is 0 Å². The molecule has 3 aromatic rings. The first kappa shape index (κ1) is 21.9. The molecule has 0 aliphatic rings. The Morgan fingerprint density at radius 2 is 1.40 bits per heavy atom. The normalized spacial score (nSPS) is 11.2. The Bertz CT molecular complexity index is 1100. The topological polar surface area (TPSA) is 57.7 Å². The van der Waals surface area contributed by atoms with E-state index < -0.39 is 10.0 Å². The molecule has 0 unspecified atom stereocenters. The molecule has 0 spiro atoms. The number of benzene rings is 3. The van der Waals surface area contributed by atoms with Gasteiger partial charge in [-0.25, -0.2) is 8.42 Å². The summed E-state index contributed by atoms with van der Waals surface area (Å²) in [4.78, 5) is 14.4. The first-order chi connectivity index (χ1) is 14.2. The fourth-order valence-electron chi connectivity index (χ4n) is 3.08. The van der Waals surface area contributed by atoms with E-state index in [1.807, 2.05) is 42.5 Å². The van der Waals surface area contributed by atoms with Gasteiger partial charge in [-0.1, -0.05) is 54.1 Å². The molecule has 0 aliphatic heterocycles. The molecule has 0 heterocycles. The van der Waals surface area contributed by atoms with Crippen molar-refractivity contribution < 1.29 is 13.2 Å². The zero-order chi connectivity index (χ0) is 21.7. The summed E-state index contributed by atoms with van der Waals surface area (Å²) in [6, 6.07) is 23.3. The molecule has 0 fully saturated rings. The zero-order valence-corrected chi connectivity index (χ0v) is 18.4. The lowest BCUT2D eigenvalue weighted by molar-refractivity contribution is 0.0785. The molecule has 1 amide bonds. The predicted octanol–water partition coefficient (Wildman–Crippen LogP) is 4.58. The van der Waals surface area contributed by atoms with Crippen molar-refractivity contribution >= 4 is 33.2 Å². The van der Waals surface area contributed by atoms with E-state index in [-0.39, 0.29) is 12.5 Å². The third-order valence-electron chi connectivity index (χ3n) is 4.65. The molecule has 3 rings (SSSR count). The number of rotatable bonds is 7. The highest BCUT2D eigenvalue weighted by Gasteiger charge is 2.19. The third kappa shape index (κ3) is 5.62. The first-order valence-corrected chi connectivity index (χ1v) is 11.6. The van der Waals surface area contributed by atoms with Crippen LogP contribution in [-0.4, -0.2) is 32.5 Å². The molecule has 0 aliphatic carbocycles. The summed E-state index contributed by atoms with van der Waals surface area (Å²) in [6.07, 6.45) is 1.18. The maximum Gasteiger partial charge on any atom is 0.253 e. The number of hydrogen-bond donors (Lipinski definition) is 0. The highest BCUT2D eigenvalue weighted by molar-refractivity contribution is 7.92. The molecule has 0 radical (unpaired) electrons. The monoisotopic (exact) mass is 442 g/mol. The Morgan fingerprint density at radius 1 is 0.833 bits per heavy atom. The van der Waals surface area contributed by atoms with Crippen molar-refractivity contribution in [1.82, 2.24) is 4.90 Å². The summed E-state index contributed by atoms with van der Waals surface area (Å²) in [5.74, 6) is -0.148. The molecule has 156 valence electrons. The molecule has 0 aromatic heterocycles. The Hall–Kier alpha value is -2.83. The average Bonchev–Trinajstić information content (AvgIpc) is 2.73. The molecule has 0 bridgehead atoms. The highest BCUT2D eigenvalue weighted by atomic mass is 35.5. The van der Waals surface area contributed by atoms with E-state index in [0.29, 0.717) is 22.8 Å². The minimum atomic E-state index is -3.48. The molecular formula is C23H23ClN2O3S. The third-order valence-corrected chi connectivity index (χ3v) is 6.04. The van der Waals surface area contributed by atoms with E-state index >= 15 is 0 Å². The molecule has 0 saturated heterocycles. The minimum Gasteiger partial charge on any atom is -0.337 e. The molecule has 30 heavy (non-hydrogen) atoms. The number of halogens is 1. The van der Waals surface area contributed by atoms with Crippen LogP contribution >= 0.6 is 11.6 Å². The largest absolute Gasteiger partial charge is 0.337 e. The van der Waals surface area contributed by atoms with Gasteiger partial charge in [0.2, 0.25) is 10.0 Å². The van der Waals surface area contributed by atoms with Gasteiger partial charge in [-0.2, -0.15) is 0 Å². The summed E-state index contributed by atoms with van der Waals surface area (Å²) >= 11 is 5.90. The van der Waals surface area contributed by atoms with Crippen LogP contribution in [-0.2, 0) is 23.1 Å². The summed E-state index contributed by atoms with van der Waals surface area (Å²) in [7, 11) is -1.76. The van der Waals surface area contributed by atoms with Crippen molar-refractivity contribution in [3.8, 4) is 0 Å². The second-order valence-corrected chi connectivity index (χ2v) is 9.43. The second-order valence-electron chi connectivity index (χ2n) is 7.09. The van der Waals surface area contributed by atoms with Gasteiger partial charge < -0.3 is 4.90 Å². The minimum absolute atomic E-state index is 0.148. The number of sulfonamides is 1. The average molecular weight is 443 g/mol. The molecule has 7 heteroatoms. The van der Waals surface area contributed by atoms with Crippen LogP contribution in [0.4, 0.5) is 5.69 Å². The van der Waals surface area contributed by atoms with Crippen LogP contribution in [0.15, 0.2) is 78.9 Å². The number of amides is 1. The van der Waals surface area contributed by atoms with Gasteiger partial charge in [-0.15, -0.1) is 0 Å². The maximum atomic E-state index is 12.8. The number of carbonyl (C=O) groups is 1. The quantitative estimate of drug-likeness (QED) is 0.538. The Kier molecular flexibility index (Phi) is 6.80. The van der Waals surface area contributed by atoms with Crippen molar-refractivity contribution in [3.05, 3.63) is 101 Å². The lowest BCUT2D eigenvalue weighted by atomic mass is 10.1. The standard InChI is InChI=1S/C23H23ClN2O3S/c1-25(16-19-8-12-21(24)13-9-19)23(27)20-10-14-22(15-11-20)26(30(2,28)29)17-18-6-4-3-5-7-18/h3-15H,16-17H2,1-2H3. The zero-order valence-electron chi connectivity index (χ0n) is 16.8. The van der Waals surface area contributed by atoms with Gasteiger partial charge in [0, 0.05) is 24.2 Å². The number of hydrogen-bond acceptors (Lipinski definition) is 3. The van der Waals surface area contributed by atoms with E-state index in [1.165, 1.54) is 10.6 Å². The van der Waals surface area contributed by atoms with Crippen LogP contribution in [0.3, 0.4) is 0 Å². The van der Waals surface area contributed by atoms with Crippen molar-refractivity contribution in [3.63, 3.8) is 0 Å². The summed E-state index contributed by atoms with van der Waals surface area (Å²) in [6.45, 7) is 0.671. The van der Waals surface area contributed by atoms with Gasteiger partial charge in [0.1, 0.15) is 0 Å². The van der Waals surface area contributed by atoms with Crippen LogP contribution in [0, 0.1) is 0 Å². The lowest BCUT2D eigenvalue weighted by Gasteiger charge is -2.23. The van der Waals surface area contributed by atoms with E-state index in [4.69, 9.17) is 11.6 Å². The van der Waals surface area contributed by atoms with Crippen molar-refractivity contribution in [2.75, 3.05) is 17.6 Å². The SMILES string of the molecule is CN(Cc1ccc(Cl)cc1)C(=O)c1ccc(N(Cc2ccccc2)S(C)(=O)=O)cc1. The summed E-state index contributed by atoms with van der Waals surface area (Å²) in [5.41, 5.74) is 2.85. The summed E-state index contributed by atoms with van der Waals surface area (Å²) in [5, 5.41) is 0.647. The maximum absolute atomic E-state index is 12.8. The van der Waals surface area contributed by atoms with E-state index in [9.17, 15) is 13.2 Å². The Morgan fingerprint density at radius 3 is 1.97 bits per heavy atom. The van der Waals surface area contributed by atoms with Crippen LogP contribution < -0.4 is 4.31 Å². The van der Waals surface area contributed by atoms with Crippen molar-refractivity contribution in [1.29, 1.82) is 0 Å². The number of anilines is 1. The smallest absolute Gasteiger partial charge is 0.253 e. The van der Waals surface area contributed by atoms with Gasteiger partial charge >= 0.3 is 0 Å². The molecule has 5 nitrogen and oxygen atoms in total. The molecule has 0 saturated carbocycles. The highest BCUT2D eigenvalue weighted by Crippen LogP contribution is 2.22. The van der Waals surface area contributed by atoms with E-state index in [1.54, 1.807) is 48.3 Å². The first-order valence-electron chi connectivity index (χ1n) is 9.35. The van der Waals surface area contributed by atoms with Gasteiger partial charge in [0.15, 0.2) is 0 Å². The number of carbonyl (C=O) groups excluding carboxylic acids is 1. The molecular weight excluding hydrogens is 420 g/mol. The van der Waals surface area contributed by atoms with Crippen molar-refractivity contribution in [2.24, 2.45) is 0 Å². The predicted molar refractivity (Wildman–Crippen MR) is 121 cm³/mol. The molecule has 0 N–H and O–H groups in total. The van der Waals surface area contributed by atoms with Crippen LogP contribution in [0.2, 0.25) is 5.02 Å². The van der Waals surface area contributed by atoms with Gasteiger partial charge in [-0.05, 0) is 47.5 Å². The lowest BCUT2D eigenvalue weighted by Crippen LogP contribution is -2.29.